The molecule has 0 unspecified atom stereocenters. The van der Waals surface area contributed by atoms with Crippen LogP contribution in [0, 0.1) is 5.41 Å². The molecule has 0 bridgehead atoms. The van der Waals surface area contributed by atoms with Crippen LogP contribution in [0.25, 0.3) is 5.70 Å². The standard InChI is InChI=1S/C29H42ClN5O5/c1-18-16-34(17-19(2)35(18)26(37)40-27(3,4)5)22-15-21(32-25(30)33-22)23(31)20-9-8-11-28(24(20)36)10-6-7-12-29(28)38-13-14-39-29/h15,18-19H,6-14,16-17,31H2,1-5H3/t18-,19-,28-/m0/s1. The predicted molar refractivity (Wildman–Crippen MR) is 152 cm³/mol. The van der Waals surface area contributed by atoms with Gasteiger partial charge in [-0.25, -0.2) is 14.8 Å². The Morgan fingerprint density at radius 2 is 1.70 bits per heavy atom. The zero-order valence-electron chi connectivity index (χ0n) is 24.3. The van der Waals surface area contributed by atoms with E-state index in [1.54, 1.807) is 11.0 Å². The first-order valence-corrected chi connectivity index (χ1v) is 14.9. The van der Waals surface area contributed by atoms with Gasteiger partial charge in [0.2, 0.25) is 5.28 Å². The molecule has 0 radical (unpaired) electrons. The summed E-state index contributed by atoms with van der Waals surface area (Å²) in [6, 6.07) is 1.55. The Morgan fingerprint density at radius 1 is 1.07 bits per heavy atom. The summed E-state index contributed by atoms with van der Waals surface area (Å²) in [7, 11) is 0. The molecule has 3 atom stereocenters. The van der Waals surface area contributed by atoms with E-state index < -0.39 is 16.8 Å². The summed E-state index contributed by atoms with van der Waals surface area (Å²) in [4.78, 5) is 39.8. The monoisotopic (exact) mass is 575 g/mol. The van der Waals surface area contributed by atoms with Gasteiger partial charge in [0, 0.05) is 31.1 Å². The van der Waals surface area contributed by atoms with E-state index in [9.17, 15) is 9.59 Å². The number of ether oxygens (including phenoxy) is 3. The molecule has 5 rings (SSSR count). The first-order chi connectivity index (χ1) is 18.9. The van der Waals surface area contributed by atoms with Crippen LogP contribution in [0.3, 0.4) is 0 Å². The molecule has 10 nitrogen and oxygen atoms in total. The summed E-state index contributed by atoms with van der Waals surface area (Å²) < 4.78 is 18.0. The van der Waals surface area contributed by atoms with Crippen molar-refractivity contribution in [1.82, 2.24) is 14.9 Å². The van der Waals surface area contributed by atoms with Crippen LogP contribution in [0.5, 0.6) is 0 Å². The molecule has 2 aliphatic heterocycles. The van der Waals surface area contributed by atoms with Crippen LogP contribution in [0.4, 0.5) is 10.6 Å². The summed E-state index contributed by atoms with van der Waals surface area (Å²) in [5, 5.41) is 0.0560. The van der Waals surface area contributed by atoms with Crippen molar-refractivity contribution in [2.75, 3.05) is 31.2 Å². The van der Waals surface area contributed by atoms with Gasteiger partial charge in [0.1, 0.15) is 11.4 Å². The Balaban J connectivity index is 1.42. The zero-order valence-corrected chi connectivity index (χ0v) is 25.1. The van der Waals surface area contributed by atoms with Gasteiger partial charge in [0.25, 0.3) is 0 Å². The van der Waals surface area contributed by atoms with Gasteiger partial charge in [-0.2, -0.15) is 0 Å². The lowest BCUT2D eigenvalue weighted by atomic mass is 9.59. The number of nitrogens with two attached hydrogens (primary N) is 1. The Bertz CT molecular complexity index is 1180. The number of carbonyl (C=O) groups is 2. The predicted octanol–water partition coefficient (Wildman–Crippen LogP) is 4.69. The van der Waals surface area contributed by atoms with Crippen molar-refractivity contribution in [2.45, 2.75) is 103 Å². The second-order valence-electron chi connectivity index (χ2n) is 12.7. The van der Waals surface area contributed by atoms with Gasteiger partial charge in [-0.3, -0.25) is 9.69 Å². The number of aromatic nitrogens is 2. The number of hydrogen-bond donors (Lipinski definition) is 1. The molecule has 220 valence electrons. The molecule has 0 aromatic carbocycles. The van der Waals surface area contributed by atoms with Gasteiger partial charge in [-0.1, -0.05) is 6.42 Å². The van der Waals surface area contributed by atoms with Gasteiger partial charge in [0.05, 0.1) is 42.1 Å². The molecule has 2 N–H and O–H groups in total. The number of fused-ring (bicyclic) bond motifs is 1. The smallest absolute Gasteiger partial charge is 0.410 e. The molecular formula is C29H42ClN5O5. The maximum Gasteiger partial charge on any atom is 0.410 e. The number of rotatable bonds is 2. The van der Waals surface area contributed by atoms with Crippen LogP contribution >= 0.6 is 11.6 Å². The van der Waals surface area contributed by atoms with Gasteiger partial charge < -0.3 is 24.8 Å². The van der Waals surface area contributed by atoms with E-state index in [2.05, 4.69) is 14.9 Å². The fraction of sp³-hybridized carbons (Fsp3) is 0.724. The highest BCUT2D eigenvalue weighted by atomic mass is 35.5. The van der Waals surface area contributed by atoms with Crippen molar-refractivity contribution >= 4 is 35.0 Å². The third-order valence-electron chi connectivity index (χ3n) is 8.72. The van der Waals surface area contributed by atoms with Crippen LogP contribution in [0.15, 0.2) is 11.6 Å². The average molecular weight is 576 g/mol. The van der Waals surface area contributed by atoms with Crippen molar-refractivity contribution in [3.63, 3.8) is 0 Å². The number of nitrogens with zero attached hydrogens (tertiary/aromatic N) is 4. The lowest BCUT2D eigenvalue weighted by molar-refractivity contribution is -0.251. The van der Waals surface area contributed by atoms with Crippen molar-refractivity contribution in [2.24, 2.45) is 11.1 Å². The summed E-state index contributed by atoms with van der Waals surface area (Å²) in [5.74, 6) is -0.235. The fourth-order valence-corrected chi connectivity index (χ4v) is 7.25. The lowest BCUT2D eigenvalue weighted by Crippen LogP contribution is -2.59. The second-order valence-corrected chi connectivity index (χ2v) is 13.0. The summed E-state index contributed by atoms with van der Waals surface area (Å²) in [6.45, 7) is 11.6. The van der Waals surface area contributed by atoms with E-state index in [1.165, 1.54) is 0 Å². The van der Waals surface area contributed by atoms with Crippen LogP contribution < -0.4 is 10.6 Å². The van der Waals surface area contributed by atoms with E-state index in [-0.39, 0.29) is 29.2 Å². The SMILES string of the molecule is C[C@H]1CN(c2cc(C(N)=C3CCC[C@@]4(CCCCC45OCCO5)C3=O)nc(Cl)n2)C[C@H](C)N1C(=O)OC(C)(C)C. The van der Waals surface area contributed by atoms with Crippen LogP contribution in [-0.2, 0) is 19.0 Å². The van der Waals surface area contributed by atoms with Crippen molar-refractivity contribution in [3.8, 4) is 0 Å². The molecule has 2 saturated carbocycles. The Hall–Kier alpha value is -2.43. The van der Waals surface area contributed by atoms with E-state index in [4.69, 9.17) is 31.5 Å². The third kappa shape index (κ3) is 5.18. The van der Waals surface area contributed by atoms with Gasteiger partial charge in [-0.05, 0) is 78.3 Å². The summed E-state index contributed by atoms with van der Waals surface area (Å²) in [6.07, 6.45) is 5.19. The molecular weight excluding hydrogens is 534 g/mol. The Kier molecular flexibility index (Phi) is 7.82. The van der Waals surface area contributed by atoms with E-state index in [0.29, 0.717) is 55.5 Å². The van der Waals surface area contributed by atoms with Crippen LogP contribution in [0.1, 0.15) is 85.3 Å². The van der Waals surface area contributed by atoms with E-state index >= 15 is 0 Å². The normalized spacial score (nSPS) is 30.2. The van der Waals surface area contributed by atoms with Crippen molar-refractivity contribution in [3.05, 3.63) is 22.6 Å². The number of Topliss-reactive ketones (excluding diaryl/α,β-unsaturated/α-hetero) is 1. The molecule has 1 amide bonds. The minimum atomic E-state index is -0.858. The first kappa shape index (κ1) is 29.1. The van der Waals surface area contributed by atoms with Crippen LogP contribution in [0.2, 0.25) is 5.28 Å². The molecule has 1 aromatic rings. The molecule has 4 aliphatic rings. The van der Waals surface area contributed by atoms with Crippen LogP contribution in [-0.4, -0.2) is 76.5 Å². The Labute approximate surface area is 241 Å². The highest BCUT2D eigenvalue weighted by Crippen LogP contribution is 2.56. The second kappa shape index (κ2) is 10.8. The quantitative estimate of drug-likeness (QED) is 0.395. The number of allylic oxidation sites excluding steroid dienone is 1. The molecule has 2 spiro atoms. The van der Waals surface area contributed by atoms with E-state index in [0.717, 1.165) is 38.5 Å². The number of hydrogen-bond acceptors (Lipinski definition) is 9. The summed E-state index contributed by atoms with van der Waals surface area (Å²) >= 11 is 6.42. The molecule has 11 heteroatoms. The average Bonchev–Trinajstić information content (AvgIpc) is 3.34. The lowest BCUT2D eigenvalue weighted by Gasteiger charge is -2.51. The molecule has 1 aromatic heterocycles. The number of anilines is 1. The molecule has 2 aliphatic carbocycles. The van der Waals surface area contributed by atoms with Gasteiger partial charge in [-0.15, -0.1) is 0 Å². The summed E-state index contributed by atoms with van der Waals surface area (Å²) in [5.41, 5.74) is 6.77. The minimum absolute atomic E-state index is 0.0161. The van der Waals surface area contributed by atoms with Gasteiger partial charge in [0.15, 0.2) is 11.6 Å². The molecule has 4 fully saturated rings. The molecule has 2 saturated heterocycles. The Morgan fingerprint density at radius 3 is 2.35 bits per heavy atom. The van der Waals surface area contributed by atoms with Crippen molar-refractivity contribution in [1.29, 1.82) is 0 Å². The number of amides is 1. The number of halogens is 1. The van der Waals surface area contributed by atoms with Crippen molar-refractivity contribution < 1.29 is 23.8 Å². The molecule has 3 heterocycles. The highest BCUT2D eigenvalue weighted by Gasteiger charge is 2.62. The fourth-order valence-electron chi connectivity index (χ4n) is 7.08. The topological polar surface area (TPSA) is 120 Å². The maximum absolute atomic E-state index is 14.2. The minimum Gasteiger partial charge on any atom is -0.444 e. The largest absolute Gasteiger partial charge is 0.444 e. The number of ketones is 1. The number of piperazine rings is 1. The number of carbonyl (C=O) groups excluding carboxylic acids is 2. The zero-order chi connectivity index (χ0) is 28.9. The molecule has 40 heavy (non-hydrogen) atoms. The van der Waals surface area contributed by atoms with Gasteiger partial charge >= 0.3 is 6.09 Å². The highest BCUT2D eigenvalue weighted by molar-refractivity contribution is 6.28. The third-order valence-corrected chi connectivity index (χ3v) is 8.88. The van der Waals surface area contributed by atoms with E-state index in [1.807, 2.05) is 34.6 Å². The maximum atomic E-state index is 14.2. The first-order valence-electron chi connectivity index (χ1n) is 14.5.